The van der Waals surface area contributed by atoms with Crippen LogP contribution in [0.4, 0.5) is 0 Å². The minimum atomic E-state index is 0.221. The molecule has 0 N–H and O–H groups in total. The smallest absolute Gasteiger partial charge is 0.137 e. The van der Waals surface area contributed by atoms with Crippen molar-refractivity contribution in [1.29, 1.82) is 0 Å². The first-order valence-electron chi connectivity index (χ1n) is 3.84. The van der Waals surface area contributed by atoms with Crippen LogP contribution < -0.4 is 0 Å². The van der Waals surface area contributed by atoms with Crippen molar-refractivity contribution >= 4 is 17.4 Å². The molecular weight excluding hydrogens is 174 g/mol. The second-order valence-corrected chi connectivity index (χ2v) is 2.95. The van der Waals surface area contributed by atoms with E-state index < -0.39 is 0 Å². The molecule has 0 radical (unpaired) electrons. The minimum absolute atomic E-state index is 0.221. The van der Waals surface area contributed by atoms with Crippen LogP contribution in [0.2, 0.25) is 5.15 Å². The van der Waals surface area contributed by atoms with Crippen molar-refractivity contribution in [3.63, 3.8) is 0 Å². The molecule has 0 saturated heterocycles. The van der Waals surface area contributed by atoms with Gasteiger partial charge in [-0.1, -0.05) is 24.6 Å². The van der Waals surface area contributed by atoms with Crippen LogP contribution in [0.15, 0.2) is 18.3 Å². The van der Waals surface area contributed by atoms with E-state index in [4.69, 9.17) is 11.6 Å². The number of carbonyl (C=O) groups is 1. The Morgan fingerprint density at radius 2 is 2.33 bits per heavy atom. The molecule has 1 aromatic rings. The lowest BCUT2D eigenvalue weighted by Gasteiger charge is -1.97. The lowest BCUT2D eigenvalue weighted by molar-refractivity contribution is -0.118. The monoisotopic (exact) mass is 183 g/mol. The van der Waals surface area contributed by atoms with Crippen LogP contribution in [-0.2, 0) is 11.2 Å². The summed E-state index contributed by atoms with van der Waals surface area (Å²) in [4.78, 5) is 14.9. The molecule has 0 atom stereocenters. The predicted octanol–water partition coefficient (Wildman–Crippen LogP) is 2.26. The van der Waals surface area contributed by atoms with Gasteiger partial charge in [0.15, 0.2) is 0 Å². The van der Waals surface area contributed by atoms with Gasteiger partial charge in [0.2, 0.25) is 0 Å². The molecule has 0 aliphatic rings. The lowest BCUT2D eigenvalue weighted by Crippen LogP contribution is -2.00. The summed E-state index contributed by atoms with van der Waals surface area (Å²) in [6, 6.07) is 3.52. The van der Waals surface area contributed by atoms with Gasteiger partial charge in [-0.25, -0.2) is 4.98 Å². The Morgan fingerprint density at radius 1 is 1.58 bits per heavy atom. The van der Waals surface area contributed by atoms with E-state index in [0.717, 1.165) is 5.56 Å². The standard InChI is InChI=1S/C9H10ClNO/c1-2-8(12)5-7-3-4-9(10)11-6-7/h3-4,6H,2,5H2,1H3. The third-order valence-electron chi connectivity index (χ3n) is 1.58. The molecule has 0 saturated carbocycles. The zero-order valence-electron chi connectivity index (χ0n) is 6.88. The zero-order valence-corrected chi connectivity index (χ0v) is 7.64. The molecule has 0 aromatic carbocycles. The summed E-state index contributed by atoms with van der Waals surface area (Å²) >= 11 is 5.59. The molecule has 12 heavy (non-hydrogen) atoms. The first kappa shape index (κ1) is 9.20. The van der Waals surface area contributed by atoms with Crippen LogP contribution >= 0.6 is 11.6 Å². The van der Waals surface area contributed by atoms with Crippen molar-refractivity contribution in [2.75, 3.05) is 0 Å². The molecule has 64 valence electrons. The molecule has 0 amide bonds. The van der Waals surface area contributed by atoms with Crippen LogP contribution in [0.3, 0.4) is 0 Å². The van der Waals surface area contributed by atoms with E-state index in [1.807, 2.05) is 13.0 Å². The third-order valence-corrected chi connectivity index (χ3v) is 1.81. The first-order chi connectivity index (χ1) is 5.72. The Bertz CT molecular complexity index is 268. The van der Waals surface area contributed by atoms with E-state index >= 15 is 0 Å². The van der Waals surface area contributed by atoms with Crippen molar-refractivity contribution in [2.45, 2.75) is 19.8 Å². The second-order valence-electron chi connectivity index (χ2n) is 2.56. The minimum Gasteiger partial charge on any atom is -0.299 e. The first-order valence-corrected chi connectivity index (χ1v) is 4.22. The van der Waals surface area contributed by atoms with E-state index in [0.29, 0.717) is 18.0 Å². The Morgan fingerprint density at radius 3 is 2.83 bits per heavy atom. The third kappa shape index (κ3) is 2.62. The Labute approximate surface area is 76.6 Å². The summed E-state index contributed by atoms with van der Waals surface area (Å²) in [7, 11) is 0. The molecule has 3 heteroatoms. The maximum atomic E-state index is 11.0. The largest absolute Gasteiger partial charge is 0.299 e. The van der Waals surface area contributed by atoms with Gasteiger partial charge in [0.25, 0.3) is 0 Å². The quantitative estimate of drug-likeness (QED) is 0.673. The number of Topliss-reactive ketones (excluding diaryl/α,β-unsaturated/α-hetero) is 1. The second kappa shape index (κ2) is 4.21. The highest BCUT2D eigenvalue weighted by atomic mass is 35.5. The van der Waals surface area contributed by atoms with E-state index in [9.17, 15) is 4.79 Å². The van der Waals surface area contributed by atoms with Gasteiger partial charge < -0.3 is 0 Å². The van der Waals surface area contributed by atoms with Gasteiger partial charge in [-0.05, 0) is 11.6 Å². The summed E-state index contributed by atoms with van der Waals surface area (Å²) in [5.74, 6) is 0.221. The molecule has 1 aromatic heterocycles. The fraction of sp³-hybridized carbons (Fsp3) is 0.333. The van der Waals surface area contributed by atoms with Gasteiger partial charge in [-0.15, -0.1) is 0 Å². The summed E-state index contributed by atoms with van der Waals surface area (Å²) < 4.78 is 0. The summed E-state index contributed by atoms with van der Waals surface area (Å²) in [5.41, 5.74) is 0.922. The SMILES string of the molecule is CCC(=O)Cc1ccc(Cl)nc1. The van der Waals surface area contributed by atoms with Gasteiger partial charge >= 0.3 is 0 Å². The van der Waals surface area contributed by atoms with Gasteiger partial charge in [-0.2, -0.15) is 0 Å². The lowest BCUT2D eigenvalue weighted by atomic mass is 10.1. The van der Waals surface area contributed by atoms with Gasteiger partial charge in [0.05, 0.1) is 0 Å². The number of aromatic nitrogens is 1. The van der Waals surface area contributed by atoms with Crippen LogP contribution in [0.25, 0.3) is 0 Å². The molecule has 2 nitrogen and oxygen atoms in total. The summed E-state index contributed by atoms with van der Waals surface area (Å²) in [6.07, 6.45) is 2.67. The molecule has 0 aliphatic heterocycles. The molecule has 1 heterocycles. The summed E-state index contributed by atoms with van der Waals surface area (Å²) in [5, 5.41) is 0.461. The Balaban J connectivity index is 2.64. The van der Waals surface area contributed by atoms with E-state index in [1.165, 1.54) is 0 Å². The number of rotatable bonds is 3. The zero-order chi connectivity index (χ0) is 8.97. The van der Waals surface area contributed by atoms with E-state index in [1.54, 1.807) is 12.3 Å². The number of pyridine rings is 1. The van der Waals surface area contributed by atoms with Crippen LogP contribution in [0.1, 0.15) is 18.9 Å². The fourth-order valence-corrected chi connectivity index (χ4v) is 0.975. The topological polar surface area (TPSA) is 30.0 Å². The van der Waals surface area contributed by atoms with Crippen molar-refractivity contribution in [1.82, 2.24) is 4.98 Å². The van der Waals surface area contributed by atoms with Crippen LogP contribution in [0, 0.1) is 0 Å². The van der Waals surface area contributed by atoms with Crippen molar-refractivity contribution in [2.24, 2.45) is 0 Å². The Hall–Kier alpha value is -0.890. The van der Waals surface area contributed by atoms with Gasteiger partial charge in [-0.3, -0.25) is 4.79 Å². The van der Waals surface area contributed by atoms with Gasteiger partial charge in [0.1, 0.15) is 10.9 Å². The van der Waals surface area contributed by atoms with Crippen molar-refractivity contribution in [3.8, 4) is 0 Å². The van der Waals surface area contributed by atoms with Crippen LogP contribution in [-0.4, -0.2) is 10.8 Å². The molecule has 0 bridgehead atoms. The number of nitrogens with zero attached hydrogens (tertiary/aromatic N) is 1. The summed E-state index contributed by atoms with van der Waals surface area (Å²) in [6.45, 7) is 1.85. The predicted molar refractivity (Wildman–Crippen MR) is 48.2 cm³/mol. The van der Waals surface area contributed by atoms with Crippen molar-refractivity contribution < 1.29 is 4.79 Å². The van der Waals surface area contributed by atoms with Crippen LogP contribution in [0.5, 0.6) is 0 Å². The number of hydrogen-bond donors (Lipinski definition) is 0. The maximum absolute atomic E-state index is 11.0. The van der Waals surface area contributed by atoms with E-state index in [-0.39, 0.29) is 5.78 Å². The fourth-order valence-electron chi connectivity index (χ4n) is 0.864. The van der Waals surface area contributed by atoms with E-state index in [2.05, 4.69) is 4.98 Å². The number of hydrogen-bond acceptors (Lipinski definition) is 2. The molecule has 0 fully saturated rings. The molecular formula is C9H10ClNO. The molecule has 0 unspecified atom stereocenters. The molecule has 0 aliphatic carbocycles. The normalized spacial score (nSPS) is 9.83. The maximum Gasteiger partial charge on any atom is 0.137 e. The molecule has 1 rings (SSSR count). The number of ketones is 1. The average Bonchev–Trinajstić information content (AvgIpc) is 2.09. The average molecular weight is 184 g/mol. The van der Waals surface area contributed by atoms with Gasteiger partial charge in [0, 0.05) is 19.0 Å². The highest BCUT2D eigenvalue weighted by molar-refractivity contribution is 6.29. The highest BCUT2D eigenvalue weighted by Gasteiger charge is 2.00. The Kier molecular flexibility index (Phi) is 3.23. The highest BCUT2D eigenvalue weighted by Crippen LogP contribution is 2.06. The van der Waals surface area contributed by atoms with Crippen molar-refractivity contribution in [3.05, 3.63) is 29.0 Å². The number of carbonyl (C=O) groups excluding carboxylic acids is 1. The molecule has 0 spiro atoms. The number of halogens is 1.